The lowest BCUT2D eigenvalue weighted by molar-refractivity contribution is -0.00823. The predicted octanol–water partition coefficient (Wildman–Crippen LogP) is 3.16. The first kappa shape index (κ1) is 16.8. The lowest BCUT2D eigenvalue weighted by Crippen LogP contribution is -2.48. The number of aryl methyl sites for hydroxylation is 1. The van der Waals surface area contributed by atoms with Gasteiger partial charge in [-0.1, -0.05) is 29.8 Å². The lowest BCUT2D eigenvalue weighted by atomic mass is 9.88. The number of nitrogens with zero attached hydrogens (tertiary/aromatic N) is 1. The summed E-state index contributed by atoms with van der Waals surface area (Å²) in [5, 5.41) is 10.2. The van der Waals surface area contributed by atoms with E-state index in [2.05, 4.69) is 31.2 Å². The van der Waals surface area contributed by atoms with Gasteiger partial charge in [-0.05, 0) is 46.1 Å². The summed E-state index contributed by atoms with van der Waals surface area (Å²) in [7, 11) is 0. The molecule has 4 nitrogen and oxygen atoms in total. The molecule has 2 atom stereocenters. The van der Waals surface area contributed by atoms with E-state index in [1.165, 1.54) is 11.1 Å². The first-order chi connectivity index (χ1) is 10.2. The van der Waals surface area contributed by atoms with Gasteiger partial charge in [0.15, 0.2) is 0 Å². The van der Waals surface area contributed by atoms with Crippen LogP contribution in [0.4, 0.5) is 4.79 Å². The number of piperidine rings is 1. The van der Waals surface area contributed by atoms with E-state index in [4.69, 9.17) is 4.74 Å². The van der Waals surface area contributed by atoms with Crippen molar-refractivity contribution >= 4 is 6.09 Å². The van der Waals surface area contributed by atoms with Crippen LogP contribution in [0.15, 0.2) is 24.3 Å². The third-order valence-corrected chi connectivity index (χ3v) is 3.96. The topological polar surface area (TPSA) is 49.8 Å². The van der Waals surface area contributed by atoms with Gasteiger partial charge in [-0.3, -0.25) is 0 Å². The highest BCUT2D eigenvalue weighted by Gasteiger charge is 2.32. The fourth-order valence-electron chi connectivity index (χ4n) is 2.74. The third kappa shape index (κ3) is 4.73. The van der Waals surface area contributed by atoms with Crippen molar-refractivity contribution in [2.24, 2.45) is 5.92 Å². The van der Waals surface area contributed by atoms with E-state index in [1.807, 2.05) is 20.8 Å². The number of amides is 1. The maximum atomic E-state index is 12.2. The van der Waals surface area contributed by atoms with Crippen molar-refractivity contribution in [1.82, 2.24) is 4.90 Å². The summed E-state index contributed by atoms with van der Waals surface area (Å²) in [5.41, 5.74) is 1.93. The van der Waals surface area contributed by atoms with Crippen LogP contribution < -0.4 is 0 Å². The van der Waals surface area contributed by atoms with Crippen LogP contribution in [0.5, 0.6) is 0 Å². The number of hydrogen-bond acceptors (Lipinski definition) is 3. The Balaban J connectivity index is 1.98. The van der Waals surface area contributed by atoms with Gasteiger partial charge in [-0.2, -0.15) is 0 Å². The molecule has 0 aliphatic carbocycles. The lowest BCUT2D eigenvalue weighted by Gasteiger charge is -2.37. The zero-order chi connectivity index (χ0) is 16.3. The highest BCUT2D eigenvalue weighted by atomic mass is 16.6. The van der Waals surface area contributed by atoms with Crippen molar-refractivity contribution in [3.8, 4) is 0 Å². The SMILES string of the molecule is Cc1ccc(CC2CN(C(=O)OC(C)(C)C)CCC2O)cc1. The fraction of sp³-hybridized carbons (Fsp3) is 0.611. The van der Waals surface area contributed by atoms with Gasteiger partial charge in [0.05, 0.1) is 6.10 Å². The van der Waals surface area contributed by atoms with E-state index in [-0.39, 0.29) is 18.1 Å². The average Bonchev–Trinajstić information content (AvgIpc) is 2.41. The molecule has 0 radical (unpaired) electrons. The molecule has 0 bridgehead atoms. The number of rotatable bonds is 2. The molecule has 0 aromatic heterocycles. The van der Waals surface area contributed by atoms with Gasteiger partial charge in [0.2, 0.25) is 0 Å². The molecule has 2 rings (SSSR count). The molecule has 1 saturated heterocycles. The zero-order valence-corrected chi connectivity index (χ0v) is 14.0. The maximum absolute atomic E-state index is 12.2. The molecule has 1 heterocycles. The summed E-state index contributed by atoms with van der Waals surface area (Å²) in [6, 6.07) is 8.34. The second-order valence-electron chi connectivity index (χ2n) is 7.23. The van der Waals surface area contributed by atoms with Crippen LogP contribution in [0.2, 0.25) is 0 Å². The van der Waals surface area contributed by atoms with Gasteiger partial charge in [0.25, 0.3) is 0 Å². The van der Waals surface area contributed by atoms with Gasteiger partial charge in [0, 0.05) is 19.0 Å². The van der Waals surface area contributed by atoms with Crippen LogP contribution >= 0.6 is 0 Å². The standard InChI is InChI=1S/C18H27NO3/c1-13-5-7-14(8-6-13)11-15-12-19(10-9-16(15)20)17(21)22-18(2,3)4/h5-8,15-16,20H,9-12H2,1-4H3. The molecule has 1 aliphatic heterocycles. The van der Waals surface area contributed by atoms with Gasteiger partial charge in [-0.25, -0.2) is 4.79 Å². The number of likely N-dealkylation sites (tertiary alicyclic amines) is 1. The minimum absolute atomic E-state index is 0.0592. The Hall–Kier alpha value is -1.55. The fourth-order valence-corrected chi connectivity index (χ4v) is 2.74. The van der Waals surface area contributed by atoms with Crippen molar-refractivity contribution < 1.29 is 14.6 Å². The van der Waals surface area contributed by atoms with Crippen LogP contribution in [0, 0.1) is 12.8 Å². The second-order valence-corrected chi connectivity index (χ2v) is 7.23. The Morgan fingerprint density at radius 2 is 1.95 bits per heavy atom. The van der Waals surface area contributed by atoms with E-state index in [9.17, 15) is 9.90 Å². The minimum atomic E-state index is -0.487. The van der Waals surface area contributed by atoms with E-state index in [1.54, 1.807) is 4.90 Å². The highest BCUT2D eigenvalue weighted by Crippen LogP contribution is 2.23. The van der Waals surface area contributed by atoms with E-state index >= 15 is 0 Å². The number of ether oxygens (including phenoxy) is 1. The van der Waals surface area contributed by atoms with Crippen LogP contribution in [0.1, 0.15) is 38.3 Å². The molecule has 0 saturated carbocycles. The summed E-state index contributed by atoms with van der Waals surface area (Å²) < 4.78 is 5.43. The average molecular weight is 305 g/mol. The number of carbonyl (C=O) groups excluding carboxylic acids is 1. The van der Waals surface area contributed by atoms with Crippen molar-refractivity contribution in [2.75, 3.05) is 13.1 Å². The van der Waals surface area contributed by atoms with Crippen LogP contribution in [-0.2, 0) is 11.2 Å². The summed E-state index contributed by atoms with van der Waals surface area (Å²) in [5.74, 6) is 0.0592. The van der Waals surface area contributed by atoms with E-state index in [0.717, 1.165) is 6.42 Å². The Kier molecular flexibility index (Phi) is 5.12. The van der Waals surface area contributed by atoms with Crippen molar-refractivity contribution in [3.63, 3.8) is 0 Å². The second kappa shape index (κ2) is 6.69. The molecule has 1 amide bonds. The van der Waals surface area contributed by atoms with Gasteiger partial charge in [0.1, 0.15) is 5.60 Å². The smallest absolute Gasteiger partial charge is 0.410 e. The molecule has 4 heteroatoms. The van der Waals surface area contributed by atoms with Crippen LogP contribution in [0.3, 0.4) is 0 Å². The van der Waals surface area contributed by atoms with Gasteiger partial charge < -0.3 is 14.7 Å². The molecule has 1 aromatic rings. The number of aliphatic hydroxyl groups is 1. The minimum Gasteiger partial charge on any atom is -0.444 e. The summed E-state index contributed by atoms with van der Waals surface area (Å²) in [6.07, 6.45) is 0.740. The van der Waals surface area contributed by atoms with Gasteiger partial charge >= 0.3 is 6.09 Å². The monoisotopic (exact) mass is 305 g/mol. The summed E-state index contributed by atoms with van der Waals surface area (Å²) in [4.78, 5) is 13.9. The van der Waals surface area contributed by atoms with Crippen molar-refractivity contribution in [3.05, 3.63) is 35.4 Å². The van der Waals surface area contributed by atoms with Crippen molar-refractivity contribution in [1.29, 1.82) is 0 Å². The Morgan fingerprint density at radius 3 is 2.55 bits per heavy atom. The van der Waals surface area contributed by atoms with E-state index in [0.29, 0.717) is 19.5 Å². The summed E-state index contributed by atoms with van der Waals surface area (Å²) in [6.45, 7) is 8.77. The summed E-state index contributed by atoms with van der Waals surface area (Å²) >= 11 is 0. The molecule has 0 spiro atoms. The number of hydrogen-bond donors (Lipinski definition) is 1. The Labute approximate surface area is 133 Å². The largest absolute Gasteiger partial charge is 0.444 e. The molecule has 1 N–H and O–H groups in total. The molecule has 2 unspecified atom stereocenters. The normalized spacial score (nSPS) is 22.5. The molecule has 22 heavy (non-hydrogen) atoms. The quantitative estimate of drug-likeness (QED) is 0.913. The molecular weight excluding hydrogens is 278 g/mol. The number of carbonyl (C=O) groups is 1. The molecule has 1 aliphatic rings. The predicted molar refractivity (Wildman–Crippen MR) is 86.8 cm³/mol. The maximum Gasteiger partial charge on any atom is 0.410 e. The van der Waals surface area contributed by atoms with Gasteiger partial charge in [-0.15, -0.1) is 0 Å². The molecule has 1 fully saturated rings. The molecule has 122 valence electrons. The molecular formula is C18H27NO3. The van der Waals surface area contributed by atoms with E-state index < -0.39 is 5.60 Å². The number of benzene rings is 1. The Bertz CT molecular complexity index is 504. The van der Waals surface area contributed by atoms with Crippen LogP contribution in [-0.4, -0.2) is 40.9 Å². The van der Waals surface area contributed by atoms with Crippen molar-refractivity contribution in [2.45, 2.75) is 52.2 Å². The number of aliphatic hydroxyl groups excluding tert-OH is 1. The first-order valence-corrected chi connectivity index (χ1v) is 7.96. The van der Waals surface area contributed by atoms with Crippen LogP contribution in [0.25, 0.3) is 0 Å². The Morgan fingerprint density at radius 1 is 1.32 bits per heavy atom. The zero-order valence-electron chi connectivity index (χ0n) is 14.0. The third-order valence-electron chi connectivity index (χ3n) is 3.96. The highest BCUT2D eigenvalue weighted by molar-refractivity contribution is 5.68. The first-order valence-electron chi connectivity index (χ1n) is 7.96. The molecule has 1 aromatic carbocycles.